The van der Waals surface area contributed by atoms with Gasteiger partial charge in [-0.2, -0.15) is 0 Å². The van der Waals surface area contributed by atoms with Gasteiger partial charge in [-0.3, -0.25) is 4.79 Å². The maximum Gasteiger partial charge on any atom is 0.261 e. The molecule has 0 heterocycles. The van der Waals surface area contributed by atoms with Crippen LogP contribution in [0.2, 0.25) is 0 Å². The second-order valence-corrected chi connectivity index (χ2v) is 6.67. The largest absolute Gasteiger partial charge is 0.497 e. The summed E-state index contributed by atoms with van der Waals surface area (Å²) in [4.78, 5) is 12.6. The first-order chi connectivity index (χ1) is 12.1. The van der Waals surface area contributed by atoms with Gasteiger partial charge >= 0.3 is 0 Å². The summed E-state index contributed by atoms with van der Waals surface area (Å²) in [5.74, 6) is 1.94. The van der Waals surface area contributed by atoms with Crippen LogP contribution in [0.3, 0.4) is 0 Å². The summed E-state index contributed by atoms with van der Waals surface area (Å²) in [7, 11) is 1.65. The summed E-state index contributed by atoms with van der Waals surface area (Å²) in [5, 5.41) is 3.16. The molecule has 2 unspecified atom stereocenters. The summed E-state index contributed by atoms with van der Waals surface area (Å²) >= 11 is 0. The lowest BCUT2D eigenvalue weighted by molar-refractivity contribution is -0.128. The molecule has 1 fully saturated rings. The van der Waals surface area contributed by atoms with Crippen LogP contribution in [0.5, 0.6) is 11.5 Å². The Labute approximate surface area is 149 Å². The molecule has 0 radical (unpaired) electrons. The average molecular weight is 339 g/mol. The first kappa shape index (κ1) is 17.3. The maximum atomic E-state index is 12.6. The van der Waals surface area contributed by atoms with E-state index in [2.05, 4.69) is 5.32 Å². The van der Waals surface area contributed by atoms with E-state index in [-0.39, 0.29) is 11.9 Å². The van der Waals surface area contributed by atoms with Crippen LogP contribution in [0.4, 0.5) is 0 Å². The van der Waals surface area contributed by atoms with E-state index in [4.69, 9.17) is 9.47 Å². The molecule has 1 aliphatic rings. The smallest absolute Gasteiger partial charge is 0.261 e. The number of aryl methyl sites for hydroxylation is 1. The highest BCUT2D eigenvalue weighted by Gasteiger charge is 2.34. The van der Waals surface area contributed by atoms with Gasteiger partial charge in [0.1, 0.15) is 11.5 Å². The minimum atomic E-state index is -0.540. The maximum absolute atomic E-state index is 12.6. The van der Waals surface area contributed by atoms with Gasteiger partial charge in [0.2, 0.25) is 0 Å². The van der Waals surface area contributed by atoms with Crippen molar-refractivity contribution in [2.24, 2.45) is 5.92 Å². The van der Waals surface area contributed by atoms with Gasteiger partial charge < -0.3 is 14.8 Å². The van der Waals surface area contributed by atoms with Gasteiger partial charge in [0.15, 0.2) is 6.10 Å². The minimum Gasteiger partial charge on any atom is -0.497 e. The standard InChI is InChI=1S/C21H25NO3/c1-14-4-10-19(11-5-14)25-15(2)21(23)22-20(16-6-7-16)17-8-12-18(24-3)13-9-17/h4-5,8-13,15-16,20H,6-7H2,1-3H3,(H,22,23). The number of ether oxygens (including phenoxy) is 2. The molecular formula is C21H25NO3. The van der Waals surface area contributed by atoms with Crippen molar-refractivity contribution in [1.29, 1.82) is 0 Å². The highest BCUT2D eigenvalue weighted by Crippen LogP contribution is 2.41. The lowest BCUT2D eigenvalue weighted by Gasteiger charge is -2.22. The van der Waals surface area contributed by atoms with E-state index < -0.39 is 6.10 Å². The van der Waals surface area contributed by atoms with E-state index >= 15 is 0 Å². The molecule has 2 aromatic carbocycles. The first-order valence-electron chi connectivity index (χ1n) is 8.74. The highest BCUT2D eigenvalue weighted by atomic mass is 16.5. The third-order valence-corrected chi connectivity index (χ3v) is 4.57. The first-order valence-corrected chi connectivity index (χ1v) is 8.74. The van der Waals surface area contributed by atoms with Gasteiger partial charge in [-0.25, -0.2) is 0 Å². The van der Waals surface area contributed by atoms with E-state index in [1.807, 2.05) is 55.5 Å². The number of benzene rings is 2. The molecule has 4 heteroatoms. The molecule has 132 valence electrons. The molecule has 2 atom stereocenters. The summed E-state index contributed by atoms with van der Waals surface area (Å²) in [6.07, 6.45) is 1.75. The number of nitrogens with one attached hydrogen (secondary N) is 1. The van der Waals surface area contributed by atoms with E-state index in [0.29, 0.717) is 11.7 Å². The van der Waals surface area contributed by atoms with Crippen molar-refractivity contribution in [3.63, 3.8) is 0 Å². The van der Waals surface area contributed by atoms with Crippen LogP contribution >= 0.6 is 0 Å². The Morgan fingerprint density at radius 1 is 1.04 bits per heavy atom. The quantitative estimate of drug-likeness (QED) is 0.828. The van der Waals surface area contributed by atoms with Gasteiger partial charge in [-0.05, 0) is 62.4 Å². The molecule has 4 nitrogen and oxygen atoms in total. The Bertz CT molecular complexity index is 705. The zero-order valence-electron chi connectivity index (χ0n) is 15.0. The van der Waals surface area contributed by atoms with Crippen LogP contribution in [0, 0.1) is 12.8 Å². The number of hydrogen-bond acceptors (Lipinski definition) is 3. The van der Waals surface area contributed by atoms with Crippen molar-refractivity contribution in [2.45, 2.75) is 38.8 Å². The number of hydrogen-bond donors (Lipinski definition) is 1. The van der Waals surface area contributed by atoms with Crippen molar-refractivity contribution < 1.29 is 14.3 Å². The number of carbonyl (C=O) groups is 1. The topological polar surface area (TPSA) is 47.6 Å². The van der Waals surface area contributed by atoms with Crippen molar-refractivity contribution in [1.82, 2.24) is 5.32 Å². The Balaban J connectivity index is 1.64. The predicted molar refractivity (Wildman–Crippen MR) is 97.9 cm³/mol. The predicted octanol–water partition coefficient (Wildman–Crippen LogP) is 4.04. The molecule has 1 N–H and O–H groups in total. The van der Waals surface area contributed by atoms with Gasteiger partial charge in [-0.1, -0.05) is 29.8 Å². The highest BCUT2D eigenvalue weighted by molar-refractivity contribution is 5.81. The Hall–Kier alpha value is -2.49. The van der Waals surface area contributed by atoms with Gasteiger partial charge in [0.05, 0.1) is 13.2 Å². The van der Waals surface area contributed by atoms with Crippen LogP contribution in [-0.4, -0.2) is 19.1 Å². The van der Waals surface area contributed by atoms with Crippen LogP contribution in [0.25, 0.3) is 0 Å². The van der Waals surface area contributed by atoms with Crippen molar-refractivity contribution in [2.75, 3.05) is 7.11 Å². The second kappa shape index (κ2) is 7.60. The fraction of sp³-hybridized carbons (Fsp3) is 0.381. The Morgan fingerprint density at radius 2 is 1.64 bits per heavy atom. The molecule has 0 bridgehead atoms. The second-order valence-electron chi connectivity index (χ2n) is 6.67. The molecule has 1 saturated carbocycles. The molecule has 3 rings (SSSR count). The molecular weight excluding hydrogens is 314 g/mol. The Morgan fingerprint density at radius 3 is 2.20 bits per heavy atom. The Kier molecular flexibility index (Phi) is 5.27. The lowest BCUT2D eigenvalue weighted by Crippen LogP contribution is -2.39. The van der Waals surface area contributed by atoms with Gasteiger partial charge in [0.25, 0.3) is 5.91 Å². The zero-order valence-corrected chi connectivity index (χ0v) is 15.0. The SMILES string of the molecule is COc1ccc(C(NC(=O)C(C)Oc2ccc(C)cc2)C2CC2)cc1. The summed E-state index contributed by atoms with van der Waals surface area (Å²) < 4.78 is 11.0. The molecule has 2 aromatic rings. The van der Waals surface area contributed by atoms with Crippen molar-refractivity contribution >= 4 is 5.91 Å². The van der Waals surface area contributed by atoms with Crippen molar-refractivity contribution in [3.8, 4) is 11.5 Å². The number of methoxy groups -OCH3 is 1. The van der Waals surface area contributed by atoms with Crippen LogP contribution in [-0.2, 0) is 4.79 Å². The fourth-order valence-electron chi connectivity index (χ4n) is 2.86. The molecule has 0 aromatic heterocycles. The monoisotopic (exact) mass is 339 g/mol. The van der Waals surface area contributed by atoms with E-state index in [1.54, 1.807) is 14.0 Å². The third kappa shape index (κ3) is 4.53. The van der Waals surface area contributed by atoms with Crippen molar-refractivity contribution in [3.05, 3.63) is 59.7 Å². The van der Waals surface area contributed by atoms with Gasteiger partial charge in [0, 0.05) is 0 Å². The summed E-state index contributed by atoms with van der Waals surface area (Å²) in [6, 6.07) is 15.7. The molecule has 0 aliphatic heterocycles. The molecule has 25 heavy (non-hydrogen) atoms. The van der Waals surface area contributed by atoms with Crippen LogP contribution in [0.1, 0.15) is 36.9 Å². The van der Waals surface area contributed by atoms with Gasteiger partial charge in [-0.15, -0.1) is 0 Å². The van der Waals surface area contributed by atoms with Crippen LogP contribution < -0.4 is 14.8 Å². The van der Waals surface area contributed by atoms with E-state index in [9.17, 15) is 4.79 Å². The van der Waals surface area contributed by atoms with E-state index in [1.165, 1.54) is 0 Å². The zero-order chi connectivity index (χ0) is 17.8. The number of rotatable bonds is 7. The number of amides is 1. The third-order valence-electron chi connectivity index (χ3n) is 4.57. The fourth-order valence-corrected chi connectivity index (χ4v) is 2.86. The average Bonchev–Trinajstić information content (AvgIpc) is 3.46. The van der Waals surface area contributed by atoms with E-state index in [0.717, 1.165) is 29.7 Å². The number of carbonyl (C=O) groups excluding carboxylic acids is 1. The minimum absolute atomic E-state index is 0.0301. The van der Waals surface area contributed by atoms with Crippen LogP contribution in [0.15, 0.2) is 48.5 Å². The molecule has 1 aliphatic carbocycles. The normalized spacial score (nSPS) is 16.0. The molecule has 0 spiro atoms. The summed E-state index contributed by atoms with van der Waals surface area (Å²) in [5.41, 5.74) is 2.27. The molecule has 1 amide bonds. The molecule has 0 saturated heterocycles. The lowest BCUT2D eigenvalue weighted by atomic mass is 10.0. The summed E-state index contributed by atoms with van der Waals surface area (Å²) in [6.45, 7) is 3.81.